The van der Waals surface area contributed by atoms with Crippen molar-refractivity contribution in [2.45, 2.75) is 38.4 Å². The first kappa shape index (κ1) is 12.1. The van der Waals surface area contributed by atoms with Gasteiger partial charge in [-0.2, -0.15) is 0 Å². The van der Waals surface area contributed by atoms with Gasteiger partial charge in [-0.1, -0.05) is 0 Å². The molecule has 1 aliphatic heterocycles. The van der Waals surface area contributed by atoms with Gasteiger partial charge in [0.1, 0.15) is 0 Å². The highest BCUT2D eigenvalue weighted by Gasteiger charge is 2.30. The van der Waals surface area contributed by atoms with Gasteiger partial charge in [-0.15, -0.1) is 0 Å². The Morgan fingerprint density at radius 3 is 2.79 bits per heavy atom. The second-order valence-electron chi connectivity index (χ2n) is 4.52. The van der Waals surface area contributed by atoms with Crippen LogP contribution in [0.25, 0.3) is 0 Å². The molecule has 2 unspecified atom stereocenters. The molecule has 0 aromatic rings. The smallest absolute Gasteiger partial charge is 0.0707 e. The molecule has 2 atom stereocenters. The predicted molar refractivity (Wildman–Crippen MR) is 60.0 cm³/mol. The van der Waals surface area contributed by atoms with Crippen molar-refractivity contribution in [3.8, 4) is 0 Å². The summed E-state index contributed by atoms with van der Waals surface area (Å²) in [5.74, 6) is 0.732. The summed E-state index contributed by atoms with van der Waals surface area (Å²) in [6.07, 6.45) is 4.35. The zero-order chi connectivity index (χ0) is 10.6. The summed E-state index contributed by atoms with van der Waals surface area (Å²) in [4.78, 5) is 0. The molecule has 1 aliphatic rings. The SMILES string of the molecule is CS(=O)CCNCC1CCC(C)(C)O1. The fourth-order valence-electron chi connectivity index (χ4n) is 1.70. The molecule has 1 fully saturated rings. The molecule has 0 aromatic heterocycles. The number of hydrogen-bond acceptors (Lipinski definition) is 3. The van der Waals surface area contributed by atoms with Gasteiger partial charge in [-0.25, -0.2) is 0 Å². The third-order valence-electron chi connectivity index (χ3n) is 2.49. The molecule has 84 valence electrons. The minimum Gasteiger partial charge on any atom is -0.371 e. The summed E-state index contributed by atoms with van der Waals surface area (Å²) < 4.78 is 16.6. The third kappa shape index (κ3) is 4.53. The van der Waals surface area contributed by atoms with Crippen LogP contribution in [-0.2, 0) is 15.5 Å². The molecule has 1 N–H and O–H groups in total. The van der Waals surface area contributed by atoms with E-state index < -0.39 is 10.8 Å². The van der Waals surface area contributed by atoms with Crippen LogP contribution in [0.3, 0.4) is 0 Å². The zero-order valence-electron chi connectivity index (χ0n) is 9.34. The van der Waals surface area contributed by atoms with Crippen LogP contribution in [-0.4, -0.2) is 41.0 Å². The molecule has 0 amide bonds. The van der Waals surface area contributed by atoms with Gasteiger partial charge in [-0.05, 0) is 26.7 Å². The summed E-state index contributed by atoms with van der Waals surface area (Å²) in [6, 6.07) is 0. The highest BCUT2D eigenvalue weighted by molar-refractivity contribution is 7.84. The standard InChI is InChI=1S/C10H21NO2S/c1-10(2)5-4-9(13-10)8-11-6-7-14(3)12/h9,11H,4-8H2,1-3H3. The van der Waals surface area contributed by atoms with Crippen LogP contribution in [0.1, 0.15) is 26.7 Å². The van der Waals surface area contributed by atoms with E-state index in [-0.39, 0.29) is 5.60 Å². The minimum absolute atomic E-state index is 0.0555. The molecule has 4 heteroatoms. The van der Waals surface area contributed by atoms with Crippen LogP contribution >= 0.6 is 0 Å². The molecule has 0 aliphatic carbocycles. The third-order valence-corrected chi connectivity index (χ3v) is 3.27. The number of ether oxygens (including phenoxy) is 1. The summed E-state index contributed by atoms with van der Waals surface area (Å²) in [6.45, 7) is 5.98. The number of hydrogen-bond donors (Lipinski definition) is 1. The molecule has 0 radical (unpaired) electrons. The molecule has 0 bridgehead atoms. The van der Waals surface area contributed by atoms with Crippen molar-refractivity contribution in [1.29, 1.82) is 0 Å². The fourth-order valence-corrected chi connectivity index (χ4v) is 2.13. The van der Waals surface area contributed by atoms with Gasteiger partial charge >= 0.3 is 0 Å². The van der Waals surface area contributed by atoms with Gasteiger partial charge in [-0.3, -0.25) is 4.21 Å². The Bertz CT molecular complexity index is 206. The van der Waals surface area contributed by atoms with Crippen LogP contribution in [0.5, 0.6) is 0 Å². The van der Waals surface area contributed by atoms with Gasteiger partial charge in [0.2, 0.25) is 0 Å². The van der Waals surface area contributed by atoms with Crippen molar-refractivity contribution < 1.29 is 8.95 Å². The molecule has 1 rings (SSSR count). The van der Waals surface area contributed by atoms with E-state index in [1.54, 1.807) is 6.26 Å². The second-order valence-corrected chi connectivity index (χ2v) is 6.07. The molecule has 0 aromatic carbocycles. The molecule has 1 saturated heterocycles. The van der Waals surface area contributed by atoms with Crippen molar-refractivity contribution in [1.82, 2.24) is 5.32 Å². The molecule has 1 heterocycles. The summed E-state index contributed by atoms with van der Waals surface area (Å²) >= 11 is 0. The maximum Gasteiger partial charge on any atom is 0.0707 e. The normalized spacial score (nSPS) is 27.8. The molecule has 0 spiro atoms. The Labute approximate surface area is 89.1 Å². The van der Waals surface area contributed by atoms with Crippen LogP contribution < -0.4 is 5.32 Å². The van der Waals surface area contributed by atoms with E-state index >= 15 is 0 Å². The van der Waals surface area contributed by atoms with Gasteiger partial charge in [0.15, 0.2) is 0 Å². The van der Waals surface area contributed by atoms with Gasteiger partial charge in [0.25, 0.3) is 0 Å². The molecule has 0 saturated carbocycles. The predicted octanol–water partition coefficient (Wildman–Crippen LogP) is 0.912. The fraction of sp³-hybridized carbons (Fsp3) is 1.00. The average molecular weight is 219 g/mol. The highest BCUT2D eigenvalue weighted by atomic mass is 32.2. The van der Waals surface area contributed by atoms with Crippen molar-refractivity contribution in [3.05, 3.63) is 0 Å². The van der Waals surface area contributed by atoms with Gasteiger partial charge in [0, 0.05) is 35.9 Å². The summed E-state index contributed by atoms with van der Waals surface area (Å²) in [5.41, 5.74) is 0.0555. The first-order valence-corrected chi connectivity index (χ1v) is 6.91. The Balaban J connectivity index is 2.06. The van der Waals surface area contributed by atoms with E-state index in [2.05, 4.69) is 19.2 Å². The maximum atomic E-state index is 10.8. The Morgan fingerprint density at radius 2 is 2.29 bits per heavy atom. The van der Waals surface area contributed by atoms with E-state index in [0.717, 1.165) is 31.7 Å². The lowest BCUT2D eigenvalue weighted by Gasteiger charge is -2.19. The van der Waals surface area contributed by atoms with E-state index in [9.17, 15) is 4.21 Å². The van der Waals surface area contributed by atoms with Crippen molar-refractivity contribution in [3.63, 3.8) is 0 Å². The number of nitrogens with one attached hydrogen (secondary N) is 1. The summed E-state index contributed by atoms with van der Waals surface area (Å²) in [5, 5.41) is 3.28. The van der Waals surface area contributed by atoms with E-state index in [1.165, 1.54) is 0 Å². The largest absolute Gasteiger partial charge is 0.371 e. The minimum atomic E-state index is -0.687. The lowest BCUT2D eigenvalue weighted by molar-refractivity contribution is -0.0139. The van der Waals surface area contributed by atoms with E-state index in [0.29, 0.717) is 6.10 Å². The topological polar surface area (TPSA) is 38.3 Å². The Kier molecular flexibility index (Phi) is 4.54. The highest BCUT2D eigenvalue weighted by Crippen LogP contribution is 2.28. The van der Waals surface area contributed by atoms with Crippen molar-refractivity contribution >= 4 is 10.8 Å². The first-order valence-electron chi connectivity index (χ1n) is 5.18. The quantitative estimate of drug-likeness (QED) is 0.699. The Hall–Kier alpha value is 0.0700. The Morgan fingerprint density at radius 1 is 1.57 bits per heavy atom. The molecule has 3 nitrogen and oxygen atoms in total. The van der Waals surface area contributed by atoms with Crippen molar-refractivity contribution in [2.24, 2.45) is 0 Å². The second kappa shape index (κ2) is 5.24. The van der Waals surface area contributed by atoms with Crippen LogP contribution in [0.15, 0.2) is 0 Å². The van der Waals surface area contributed by atoms with E-state index in [1.807, 2.05) is 0 Å². The van der Waals surface area contributed by atoms with Gasteiger partial charge in [0.05, 0.1) is 11.7 Å². The lowest BCUT2D eigenvalue weighted by Crippen LogP contribution is -2.31. The van der Waals surface area contributed by atoms with Crippen LogP contribution in [0.2, 0.25) is 0 Å². The van der Waals surface area contributed by atoms with Crippen molar-refractivity contribution in [2.75, 3.05) is 25.1 Å². The van der Waals surface area contributed by atoms with Crippen LogP contribution in [0.4, 0.5) is 0 Å². The lowest BCUT2D eigenvalue weighted by atomic mass is 10.1. The van der Waals surface area contributed by atoms with Crippen LogP contribution in [0, 0.1) is 0 Å². The molecule has 14 heavy (non-hydrogen) atoms. The van der Waals surface area contributed by atoms with E-state index in [4.69, 9.17) is 4.74 Å². The monoisotopic (exact) mass is 219 g/mol. The average Bonchev–Trinajstić information content (AvgIpc) is 2.39. The molecular weight excluding hydrogens is 198 g/mol. The maximum absolute atomic E-state index is 10.8. The summed E-state index contributed by atoms with van der Waals surface area (Å²) in [7, 11) is -0.687. The van der Waals surface area contributed by atoms with Gasteiger partial charge < -0.3 is 10.1 Å². The number of rotatable bonds is 5. The molecular formula is C10H21NO2S. The first-order chi connectivity index (χ1) is 6.49. The zero-order valence-corrected chi connectivity index (χ0v) is 10.2.